The van der Waals surface area contributed by atoms with Crippen molar-refractivity contribution in [1.82, 2.24) is 9.97 Å². The Morgan fingerprint density at radius 1 is 1.37 bits per heavy atom. The zero-order valence-corrected chi connectivity index (χ0v) is 11.1. The first-order valence-electron chi connectivity index (χ1n) is 5.95. The van der Waals surface area contributed by atoms with Gasteiger partial charge in [-0.05, 0) is 18.6 Å². The van der Waals surface area contributed by atoms with Gasteiger partial charge < -0.3 is 4.74 Å². The number of aryl methyl sites for hydroxylation is 1. The summed E-state index contributed by atoms with van der Waals surface area (Å²) in [6.07, 6.45) is 1.56. The molecule has 1 aliphatic heterocycles. The first-order valence-corrected chi connectivity index (χ1v) is 6.33. The zero-order valence-electron chi connectivity index (χ0n) is 10.3. The fraction of sp³-hybridized carbons (Fsp3) is 0.214. The Kier molecular flexibility index (Phi) is 2.95. The molecule has 1 aliphatic rings. The monoisotopic (exact) mass is 274 g/mol. The van der Waals surface area contributed by atoms with Crippen molar-refractivity contribution in [2.75, 3.05) is 6.61 Å². The molecule has 0 atom stereocenters. The second kappa shape index (κ2) is 4.63. The smallest absolute Gasteiger partial charge is 0.155 e. The first-order chi connectivity index (χ1) is 9.20. The van der Waals surface area contributed by atoms with E-state index in [0.717, 1.165) is 23.3 Å². The molecular formula is C14H11ClN2O2. The van der Waals surface area contributed by atoms with Gasteiger partial charge in [0.2, 0.25) is 0 Å². The third-order valence-corrected chi connectivity index (χ3v) is 3.39. The van der Waals surface area contributed by atoms with E-state index in [1.54, 1.807) is 6.92 Å². The number of nitrogens with zero attached hydrogens (tertiary/aromatic N) is 2. The normalized spacial score (nSPS) is 12.9. The van der Waals surface area contributed by atoms with Gasteiger partial charge in [0.25, 0.3) is 0 Å². The number of ether oxygens (including phenoxy) is 1. The highest BCUT2D eigenvalue weighted by atomic mass is 35.5. The van der Waals surface area contributed by atoms with Crippen molar-refractivity contribution in [3.05, 3.63) is 40.3 Å². The Balaban J connectivity index is 2.28. The van der Waals surface area contributed by atoms with E-state index in [4.69, 9.17) is 16.3 Å². The lowest BCUT2D eigenvalue weighted by Gasteiger charge is -2.10. The maximum Gasteiger partial charge on any atom is 0.155 e. The summed E-state index contributed by atoms with van der Waals surface area (Å²) in [5.74, 6) is 1.32. The minimum absolute atomic E-state index is 0.174. The largest absolute Gasteiger partial charge is 0.492 e. The molecule has 19 heavy (non-hydrogen) atoms. The minimum Gasteiger partial charge on any atom is -0.492 e. The molecule has 0 saturated heterocycles. The molecule has 0 N–H and O–H groups in total. The molecule has 2 aromatic rings. The van der Waals surface area contributed by atoms with Crippen LogP contribution in [-0.2, 0) is 6.42 Å². The average molecular weight is 275 g/mol. The molecular weight excluding hydrogens is 264 g/mol. The quantitative estimate of drug-likeness (QED) is 0.624. The molecule has 0 saturated carbocycles. The van der Waals surface area contributed by atoms with Gasteiger partial charge in [0.05, 0.1) is 17.9 Å². The lowest BCUT2D eigenvalue weighted by Crippen LogP contribution is -2.00. The van der Waals surface area contributed by atoms with E-state index in [-0.39, 0.29) is 5.15 Å². The molecule has 1 aromatic heterocycles. The van der Waals surface area contributed by atoms with E-state index in [1.165, 1.54) is 0 Å². The topological polar surface area (TPSA) is 52.1 Å². The Hall–Kier alpha value is -1.94. The first kappa shape index (κ1) is 12.1. The van der Waals surface area contributed by atoms with Crippen LogP contribution in [-0.4, -0.2) is 22.9 Å². The van der Waals surface area contributed by atoms with Gasteiger partial charge in [-0.25, -0.2) is 9.97 Å². The van der Waals surface area contributed by atoms with E-state index in [0.29, 0.717) is 30.0 Å². The number of halogens is 1. The highest BCUT2D eigenvalue weighted by Gasteiger charge is 2.21. The van der Waals surface area contributed by atoms with Crippen LogP contribution in [0.25, 0.3) is 11.3 Å². The number of carbonyl (C=O) groups is 1. The SMILES string of the molecule is Cc1nc(Cl)c(C=O)c(-c2cccc3c2OCC3)n1. The van der Waals surface area contributed by atoms with Gasteiger partial charge in [-0.1, -0.05) is 23.7 Å². The number of hydrogen-bond acceptors (Lipinski definition) is 4. The number of rotatable bonds is 2. The predicted molar refractivity (Wildman–Crippen MR) is 71.8 cm³/mol. The van der Waals surface area contributed by atoms with Gasteiger partial charge in [-0.3, -0.25) is 4.79 Å². The average Bonchev–Trinajstić information content (AvgIpc) is 2.85. The Bertz CT molecular complexity index is 671. The van der Waals surface area contributed by atoms with Crippen molar-refractivity contribution in [3.8, 4) is 17.0 Å². The fourth-order valence-electron chi connectivity index (χ4n) is 2.26. The summed E-state index contributed by atoms with van der Waals surface area (Å²) in [7, 11) is 0. The van der Waals surface area contributed by atoms with Crippen molar-refractivity contribution in [2.24, 2.45) is 0 Å². The van der Waals surface area contributed by atoms with E-state index >= 15 is 0 Å². The summed E-state index contributed by atoms with van der Waals surface area (Å²) < 4.78 is 5.64. The maximum absolute atomic E-state index is 11.2. The van der Waals surface area contributed by atoms with Crippen molar-refractivity contribution >= 4 is 17.9 Å². The van der Waals surface area contributed by atoms with Crippen LogP contribution in [0.2, 0.25) is 5.15 Å². The van der Waals surface area contributed by atoms with Gasteiger partial charge in [0.1, 0.15) is 16.7 Å². The van der Waals surface area contributed by atoms with Crippen molar-refractivity contribution < 1.29 is 9.53 Å². The second-order valence-corrected chi connectivity index (χ2v) is 4.69. The molecule has 3 rings (SSSR count). The molecule has 0 radical (unpaired) electrons. The van der Waals surface area contributed by atoms with Gasteiger partial charge in [-0.15, -0.1) is 0 Å². The van der Waals surface area contributed by atoms with E-state index in [9.17, 15) is 4.79 Å². The van der Waals surface area contributed by atoms with E-state index in [1.807, 2.05) is 18.2 Å². The van der Waals surface area contributed by atoms with Crippen LogP contribution in [0.15, 0.2) is 18.2 Å². The van der Waals surface area contributed by atoms with Gasteiger partial charge in [0.15, 0.2) is 6.29 Å². The molecule has 0 spiro atoms. The standard InChI is InChI=1S/C14H11ClN2O2/c1-8-16-12(11(7-18)14(15)17-8)10-4-2-3-9-5-6-19-13(9)10/h2-4,7H,5-6H2,1H3. The summed E-state index contributed by atoms with van der Waals surface area (Å²) in [5, 5.41) is 0.174. The molecule has 0 fully saturated rings. The number of para-hydroxylation sites is 1. The maximum atomic E-state index is 11.2. The highest BCUT2D eigenvalue weighted by molar-refractivity contribution is 6.32. The molecule has 2 heterocycles. The van der Waals surface area contributed by atoms with Gasteiger partial charge >= 0.3 is 0 Å². The fourth-order valence-corrected chi connectivity index (χ4v) is 2.51. The van der Waals surface area contributed by atoms with Crippen LogP contribution in [0, 0.1) is 6.92 Å². The van der Waals surface area contributed by atoms with Crippen molar-refractivity contribution in [1.29, 1.82) is 0 Å². The summed E-state index contributed by atoms with van der Waals surface area (Å²) in [6, 6.07) is 5.83. The van der Waals surface area contributed by atoms with E-state index in [2.05, 4.69) is 9.97 Å². The third-order valence-electron chi connectivity index (χ3n) is 3.10. The minimum atomic E-state index is 0.174. The number of aromatic nitrogens is 2. The summed E-state index contributed by atoms with van der Waals surface area (Å²) in [5.41, 5.74) is 2.76. The Morgan fingerprint density at radius 2 is 2.21 bits per heavy atom. The van der Waals surface area contributed by atoms with Crippen LogP contribution in [0.3, 0.4) is 0 Å². The molecule has 0 bridgehead atoms. The van der Waals surface area contributed by atoms with Crippen LogP contribution < -0.4 is 4.74 Å². The Labute approximate surface area is 115 Å². The summed E-state index contributed by atoms with van der Waals surface area (Å²) in [4.78, 5) is 19.6. The van der Waals surface area contributed by atoms with Crippen LogP contribution in [0.4, 0.5) is 0 Å². The molecule has 0 aliphatic carbocycles. The zero-order chi connectivity index (χ0) is 13.4. The van der Waals surface area contributed by atoms with Gasteiger partial charge in [0, 0.05) is 12.0 Å². The highest BCUT2D eigenvalue weighted by Crippen LogP contribution is 2.37. The lowest BCUT2D eigenvalue weighted by molar-refractivity contribution is 0.112. The predicted octanol–water partition coefficient (Wildman–Crippen LogP) is 2.85. The molecule has 0 amide bonds. The number of carbonyl (C=O) groups excluding carboxylic acids is 1. The van der Waals surface area contributed by atoms with E-state index < -0.39 is 0 Å². The van der Waals surface area contributed by atoms with Crippen molar-refractivity contribution in [3.63, 3.8) is 0 Å². The molecule has 96 valence electrons. The summed E-state index contributed by atoms with van der Waals surface area (Å²) in [6.45, 7) is 2.40. The number of benzene rings is 1. The number of hydrogen-bond donors (Lipinski definition) is 0. The number of fused-ring (bicyclic) bond motifs is 1. The summed E-state index contributed by atoms with van der Waals surface area (Å²) >= 11 is 6.01. The van der Waals surface area contributed by atoms with Crippen LogP contribution >= 0.6 is 11.6 Å². The van der Waals surface area contributed by atoms with Crippen molar-refractivity contribution in [2.45, 2.75) is 13.3 Å². The number of aldehydes is 1. The molecule has 5 heteroatoms. The molecule has 1 aromatic carbocycles. The Morgan fingerprint density at radius 3 is 3.00 bits per heavy atom. The molecule has 4 nitrogen and oxygen atoms in total. The lowest BCUT2D eigenvalue weighted by atomic mass is 10.0. The third kappa shape index (κ3) is 1.98. The second-order valence-electron chi connectivity index (χ2n) is 4.33. The van der Waals surface area contributed by atoms with Crippen LogP contribution in [0.5, 0.6) is 5.75 Å². The molecule has 0 unspecified atom stereocenters. The van der Waals surface area contributed by atoms with Crippen LogP contribution in [0.1, 0.15) is 21.7 Å². The van der Waals surface area contributed by atoms with Gasteiger partial charge in [-0.2, -0.15) is 0 Å².